The first-order chi connectivity index (χ1) is 17.8. The third-order valence-corrected chi connectivity index (χ3v) is 5.56. The van der Waals surface area contributed by atoms with Gasteiger partial charge < -0.3 is 20.1 Å². The Bertz CT molecular complexity index is 1450. The Labute approximate surface area is 210 Å². The number of β-amino-alcohol motifs (C(OH)–C–C–N with tert-alkyl or cyclic N) is 1. The first-order valence-electron chi connectivity index (χ1n) is 11.3. The highest BCUT2D eigenvalue weighted by atomic mass is 19.1. The number of nitrogens with zero attached hydrogens (tertiary/aromatic N) is 5. The van der Waals surface area contributed by atoms with Crippen LogP contribution in [-0.2, 0) is 0 Å². The van der Waals surface area contributed by atoms with Crippen molar-refractivity contribution in [3.8, 4) is 17.2 Å². The second-order valence-electron chi connectivity index (χ2n) is 8.45. The largest absolute Gasteiger partial charge is 0.454 e. The fourth-order valence-electron chi connectivity index (χ4n) is 3.53. The molecule has 0 saturated carbocycles. The van der Waals surface area contributed by atoms with Crippen LogP contribution in [0.15, 0.2) is 67.0 Å². The number of halogens is 1. The molecule has 2 aromatic heterocycles. The molecule has 11 nitrogen and oxygen atoms in total. The van der Waals surface area contributed by atoms with Crippen LogP contribution in [0.25, 0.3) is 5.69 Å². The summed E-state index contributed by atoms with van der Waals surface area (Å²) in [6.07, 6.45) is 2.38. The molecule has 3 N–H and O–H groups in total. The van der Waals surface area contributed by atoms with E-state index in [-0.39, 0.29) is 41.8 Å². The number of hydrogen-bond donors (Lipinski definition) is 3. The van der Waals surface area contributed by atoms with Crippen molar-refractivity contribution in [2.24, 2.45) is 0 Å². The second-order valence-corrected chi connectivity index (χ2v) is 8.45. The van der Waals surface area contributed by atoms with Gasteiger partial charge in [0, 0.05) is 24.0 Å². The van der Waals surface area contributed by atoms with Crippen LogP contribution in [-0.4, -0.2) is 61.1 Å². The number of anilines is 2. The molecule has 3 amide bonds. The molecule has 0 bridgehead atoms. The Morgan fingerprint density at radius 1 is 1.08 bits per heavy atom. The molecule has 5 rings (SSSR count). The number of aromatic nitrogens is 4. The van der Waals surface area contributed by atoms with E-state index in [9.17, 15) is 19.1 Å². The molecular weight excluding hydrogens is 481 g/mol. The van der Waals surface area contributed by atoms with Gasteiger partial charge >= 0.3 is 6.03 Å². The molecule has 1 fully saturated rings. The Morgan fingerprint density at radius 2 is 1.86 bits per heavy atom. The maximum absolute atomic E-state index is 14.7. The minimum absolute atomic E-state index is 0.0698. The number of rotatable bonds is 6. The smallest absolute Gasteiger partial charge is 0.323 e. The predicted octanol–water partition coefficient (Wildman–Crippen LogP) is 3.36. The lowest BCUT2D eigenvalue weighted by Gasteiger charge is -2.35. The van der Waals surface area contributed by atoms with Gasteiger partial charge in [0.15, 0.2) is 17.3 Å². The first kappa shape index (κ1) is 23.9. The quantitative estimate of drug-likeness (QED) is 0.367. The van der Waals surface area contributed by atoms with Crippen LogP contribution in [0.2, 0.25) is 0 Å². The summed E-state index contributed by atoms with van der Waals surface area (Å²) in [4.78, 5) is 30.1. The zero-order valence-corrected chi connectivity index (χ0v) is 19.6. The maximum Gasteiger partial charge on any atom is 0.323 e. The van der Waals surface area contributed by atoms with Crippen LogP contribution in [0.4, 0.5) is 20.7 Å². The first-order valence-corrected chi connectivity index (χ1v) is 11.3. The molecule has 4 aromatic rings. The van der Waals surface area contributed by atoms with Crippen LogP contribution in [0.1, 0.15) is 16.1 Å². The lowest BCUT2D eigenvalue weighted by Crippen LogP contribution is -2.54. The van der Waals surface area contributed by atoms with Gasteiger partial charge in [0.2, 0.25) is 0 Å². The molecule has 37 heavy (non-hydrogen) atoms. The van der Waals surface area contributed by atoms with Crippen LogP contribution >= 0.6 is 0 Å². The molecule has 0 atom stereocenters. The number of nitrogens with one attached hydrogen (secondary N) is 2. The highest BCUT2D eigenvalue weighted by molar-refractivity contribution is 6.02. The molecule has 0 aliphatic carbocycles. The van der Waals surface area contributed by atoms with Crippen molar-refractivity contribution < 1.29 is 23.8 Å². The highest BCUT2D eigenvalue weighted by Crippen LogP contribution is 2.28. The van der Waals surface area contributed by atoms with Crippen LogP contribution in [0.5, 0.6) is 11.5 Å². The number of hydrogen-bond acceptors (Lipinski definition) is 7. The zero-order chi connectivity index (χ0) is 25.9. The molecule has 188 valence electrons. The average molecular weight is 503 g/mol. The van der Waals surface area contributed by atoms with E-state index in [1.165, 1.54) is 46.2 Å². The summed E-state index contributed by atoms with van der Waals surface area (Å²) in [5.41, 5.74) is 2.12. The van der Waals surface area contributed by atoms with Gasteiger partial charge in [-0.2, -0.15) is 0 Å². The van der Waals surface area contributed by atoms with E-state index in [1.54, 1.807) is 0 Å². The van der Waals surface area contributed by atoms with Crippen molar-refractivity contribution >= 4 is 23.4 Å². The minimum atomic E-state index is -0.710. The van der Waals surface area contributed by atoms with E-state index in [1.807, 2.05) is 31.2 Å². The lowest BCUT2D eigenvalue weighted by molar-refractivity contribution is 0.0308. The van der Waals surface area contributed by atoms with Crippen LogP contribution in [0.3, 0.4) is 0 Å². The second kappa shape index (κ2) is 10.0. The van der Waals surface area contributed by atoms with E-state index >= 15 is 0 Å². The van der Waals surface area contributed by atoms with Gasteiger partial charge in [0.25, 0.3) is 5.91 Å². The summed E-state index contributed by atoms with van der Waals surface area (Å²) in [5.74, 6) is -0.879. The summed E-state index contributed by atoms with van der Waals surface area (Å²) >= 11 is 0. The van der Waals surface area contributed by atoms with Crippen molar-refractivity contribution in [2.75, 3.05) is 23.7 Å². The average Bonchev–Trinajstić information content (AvgIpc) is 3.35. The standard InChI is InChI=1S/C25H22FN7O4/c1-15-2-5-17(6-3-15)33-14-21(30-31-33)24(35)28-16-4-7-22(20(26)10-16)37-19-8-9-27-23(11-19)29-25(36)32-12-18(34)13-32/h2-11,14,18,34H,12-13H2,1H3,(H,28,35)(H,27,29,36). The number of likely N-dealkylation sites (tertiary alicyclic amines) is 1. The molecule has 2 aromatic carbocycles. The maximum atomic E-state index is 14.7. The number of carbonyl (C=O) groups excluding carboxylic acids is 2. The Balaban J connectivity index is 1.21. The van der Waals surface area contributed by atoms with Crippen LogP contribution < -0.4 is 15.4 Å². The summed E-state index contributed by atoms with van der Waals surface area (Å²) in [5, 5.41) is 22.4. The molecular formula is C25H22FN7O4. The summed E-state index contributed by atoms with van der Waals surface area (Å²) in [7, 11) is 0. The Morgan fingerprint density at radius 3 is 2.59 bits per heavy atom. The van der Waals surface area contributed by atoms with Gasteiger partial charge in [0.05, 0.1) is 31.1 Å². The molecule has 1 aliphatic rings. The molecule has 12 heteroatoms. The number of ether oxygens (including phenoxy) is 1. The van der Waals surface area contributed by atoms with E-state index < -0.39 is 23.9 Å². The zero-order valence-electron chi connectivity index (χ0n) is 19.6. The predicted molar refractivity (Wildman–Crippen MR) is 131 cm³/mol. The lowest BCUT2D eigenvalue weighted by atomic mass is 10.2. The SMILES string of the molecule is Cc1ccc(-n2cc(C(=O)Nc3ccc(Oc4ccnc(NC(=O)N5CC(O)C5)c4)c(F)c3)nn2)cc1. The van der Waals surface area contributed by atoms with Gasteiger partial charge in [-0.25, -0.2) is 18.9 Å². The van der Waals surface area contributed by atoms with Gasteiger partial charge in [-0.3, -0.25) is 10.1 Å². The number of amides is 3. The van der Waals surface area contributed by atoms with Crippen molar-refractivity contribution in [3.05, 3.63) is 84.1 Å². The van der Waals surface area contributed by atoms with Gasteiger partial charge in [-0.1, -0.05) is 22.9 Å². The van der Waals surface area contributed by atoms with Gasteiger partial charge in [-0.15, -0.1) is 5.10 Å². The third kappa shape index (κ3) is 5.54. The van der Waals surface area contributed by atoms with Gasteiger partial charge in [-0.05, 0) is 37.3 Å². The van der Waals surface area contributed by atoms with Crippen molar-refractivity contribution in [1.29, 1.82) is 0 Å². The van der Waals surface area contributed by atoms with E-state index in [0.717, 1.165) is 17.3 Å². The third-order valence-electron chi connectivity index (χ3n) is 5.56. The van der Waals surface area contributed by atoms with Crippen molar-refractivity contribution in [3.63, 3.8) is 0 Å². The Kier molecular flexibility index (Phi) is 6.47. The van der Waals surface area contributed by atoms with Crippen molar-refractivity contribution in [1.82, 2.24) is 24.9 Å². The molecule has 3 heterocycles. The number of aliphatic hydroxyl groups excluding tert-OH is 1. The van der Waals surface area contributed by atoms with E-state index in [2.05, 4.69) is 25.9 Å². The number of urea groups is 1. The fourth-order valence-corrected chi connectivity index (χ4v) is 3.53. The normalized spacial score (nSPS) is 13.1. The van der Waals surface area contributed by atoms with Crippen molar-refractivity contribution in [2.45, 2.75) is 13.0 Å². The molecule has 1 aliphatic heterocycles. The number of pyridine rings is 1. The molecule has 1 saturated heterocycles. The van der Waals surface area contributed by atoms with E-state index in [4.69, 9.17) is 4.74 Å². The number of benzene rings is 2. The number of aryl methyl sites for hydroxylation is 1. The van der Waals surface area contributed by atoms with Crippen LogP contribution in [0, 0.1) is 12.7 Å². The molecule has 0 unspecified atom stereocenters. The van der Waals surface area contributed by atoms with Gasteiger partial charge in [0.1, 0.15) is 11.6 Å². The summed E-state index contributed by atoms with van der Waals surface area (Å²) in [6, 6.07) is 14.1. The van der Waals surface area contributed by atoms with E-state index in [0.29, 0.717) is 0 Å². The highest BCUT2D eigenvalue weighted by Gasteiger charge is 2.29. The summed E-state index contributed by atoms with van der Waals surface area (Å²) in [6.45, 7) is 2.47. The summed E-state index contributed by atoms with van der Waals surface area (Å²) < 4.78 is 21.8. The monoisotopic (exact) mass is 503 g/mol. The number of carbonyl (C=O) groups is 2. The fraction of sp³-hybridized carbons (Fsp3) is 0.160. The molecule has 0 spiro atoms. The minimum Gasteiger partial charge on any atom is -0.454 e. The molecule has 0 radical (unpaired) electrons. The topological polar surface area (TPSA) is 134 Å². The number of aliphatic hydroxyl groups is 1. The Hall–Kier alpha value is -4.84.